The van der Waals surface area contributed by atoms with Crippen LogP contribution in [-0.2, 0) is 12.8 Å². The fourth-order valence-corrected chi connectivity index (χ4v) is 1.60. The van der Waals surface area contributed by atoms with Gasteiger partial charge in [-0.3, -0.25) is 0 Å². The molecule has 3 heteroatoms. The van der Waals surface area contributed by atoms with E-state index in [-0.39, 0.29) is 10.8 Å². The molecule has 0 saturated heterocycles. The largest absolute Gasteiger partial charge is 0.241 e. The lowest BCUT2D eigenvalue weighted by Gasteiger charge is -2.24. The summed E-state index contributed by atoms with van der Waals surface area (Å²) in [5, 5.41) is 0.108. The minimum Gasteiger partial charge on any atom is -0.241 e. The van der Waals surface area contributed by atoms with E-state index < -0.39 is 0 Å². The van der Waals surface area contributed by atoms with Gasteiger partial charge in [-0.15, -0.1) is 11.6 Å². The third-order valence-electron chi connectivity index (χ3n) is 2.61. The van der Waals surface area contributed by atoms with Crippen molar-refractivity contribution < 1.29 is 0 Å². The molecular weight excluding hydrogens is 220 g/mol. The van der Waals surface area contributed by atoms with Crippen LogP contribution in [0.5, 0.6) is 0 Å². The Hall–Kier alpha value is -0.630. The molecule has 1 rings (SSSR count). The van der Waals surface area contributed by atoms with Gasteiger partial charge in [0.1, 0.15) is 6.33 Å². The highest BCUT2D eigenvalue weighted by Gasteiger charge is 2.22. The van der Waals surface area contributed by atoms with E-state index in [0.29, 0.717) is 0 Å². The Morgan fingerprint density at radius 2 is 1.88 bits per heavy atom. The summed E-state index contributed by atoms with van der Waals surface area (Å²) in [6, 6.07) is 2.07. The zero-order valence-electron chi connectivity index (χ0n) is 10.6. The Morgan fingerprint density at radius 1 is 1.25 bits per heavy atom. The van der Waals surface area contributed by atoms with Crippen LogP contribution in [0.4, 0.5) is 0 Å². The van der Waals surface area contributed by atoms with Crippen molar-refractivity contribution in [3.05, 3.63) is 23.8 Å². The highest BCUT2D eigenvalue weighted by Crippen LogP contribution is 2.26. The summed E-state index contributed by atoms with van der Waals surface area (Å²) < 4.78 is 0. The molecule has 0 aliphatic carbocycles. The van der Waals surface area contributed by atoms with Gasteiger partial charge in [-0.05, 0) is 17.9 Å². The average Bonchev–Trinajstić information content (AvgIpc) is 2.17. The van der Waals surface area contributed by atoms with Crippen LogP contribution in [0.2, 0.25) is 0 Å². The van der Waals surface area contributed by atoms with Crippen molar-refractivity contribution >= 4 is 11.6 Å². The zero-order valence-corrected chi connectivity index (χ0v) is 11.4. The van der Waals surface area contributed by atoms with Crippen molar-refractivity contribution in [3.63, 3.8) is 0 Å². The first-order valence-electron chi connectivity index (χ1n) is 5.87. The monoisotopic (exact) mass is 240 g/mol. The van der Waals surface area contributed by atoms with Gasteiger partial charge in [0, 0.05) is 23.2 Å². The van der Waals surface area contributed by atoms with Crippen molar-refractivity contribution in [2.75, 3.05) is 0 Å². The first-order valence-corrected chi connectivity index (χ1v) is 6.31. The molecule has 0 spiro atoms. The standard InChI is InChI=1S/C13H21ClN2/c1-5-6-10-7-11(16-9-15-10)8-12(14)13(2,3)4/h7,9,12H,5-6,8H2,1-4H3. The summed E-state index contributed by atoms with van der Waals surface area (Å²) >= 11 is 6.36. The molecule has 0 aliphatic heterocycles. The number of aromatic nitrogens is 2. The first-order chi connectivity index (χ1) is 7.43. The van der Waals surface area contributed by atoms with E-state index in [0.717, 1.165) is 30.7 Å². The zero-order chi connectivity index (χ0) is 12.2. The number of nitrogens with zero attached hydrogens (tertiary/aromatic N) is 2. The van der Waals surface area contributed by atoms with Gasteiger partial charge in [-0.2, -0.15) is 0 Å². The average molecular weight is 241 g/mol. The summed E-state index contributed by atoms with van der Waals surface area (Å²) in [5.74, 6) is 0. The quantitative estimate of drug-likeness (QED) is 0.752. The van der Waals surface area contributed by atoms with Crippen molar-refractivity contribution in [2.24, 2.45) is 5.41 Å². The van der Waals surface area contributed by atoms with Crippen LogP contribution in [0.1, 0.15) is 45.5 Å². The topological polar surface area (TPSA) is 25.8 Å². The molecule has 16 heavy (non-hydrogen) atoms. The van der Waals surface area contributed by atoms with Gasteiger partial charge in [0.15, 0.2) is 0 Å². The van der Waals surface area contributed by atoms with Crippen LogP contribution < -0.4 is 0 Å². The number of hydrogen-bond acceptors (Lipinski definition) is 2. The van der Waals surface area contributed by atoms with E-state index in [1.807, 2.05) is 0 Å². The van der Waals surface area contributed by atoms with E-state index in [2.05, 4.69) is 43.7 Å². The van der Waals surface area contributed by atoms with Crippen LogP contribution in [0, 0.1) is 5.41 Å². The first kappa shape index (κ1) is 13.4. The van der Waals surface area contributed by atoms with Gasteiger partial charge in [0.05, 0.1) is 0 Å². The molecule has 0 radical (unpaired) electrons. The van der Waals surface area contributed by atoms with Crippen molar-refractivity contribution in [2.45, 2.75) is 52.3 Å². The molecule has 1 atom stereocenters. The predicted molar refractivity (Wildman–Crippen MR) is 68.8 cm³/mol. The Labute approximate surface area is 103 Å². The van der Waals surface area contributed by atoms with Crippen LogP contribution in [0.15, 0.2) is 12.4 Å². The second-order valence-corrected chi connectivity index (χ2v) is 5.82. The molecule has 1 aromatic heterocycles. The predicted octanol–water partition coefficient (Wildman–Crippen LogP) is 3.63. The van der Waals surface area contributed by atoms with Crippen molar-refractivity contribution in [1.29, 1.82) is 0 Å². The SMILES string of the molecule is CCCc1cc(CC(Cl)C(C)(C)C)ncn1. The van der Waals surface area contributed by atoms with Crippen molar-refractivity contribution in [1.82, 2.24) is 9.97 Å². The molecule has 0 amide bonds. The lowest BCUT2D eigenvalue weighted by atomic mass is 9.89. The molecule has 0 aromatic carbocycles. The summed E-state index contributed by atoms with van der Waals surface area (Å²) in [5.41, 5.74) is 2.27. The van der Waals surface area contributed by atoms with E-state index in [9.17, 15) is 0 Å². The van der Waals surface area contributed by atoms with Crippen LogP contribution in [0.3, 0.4) is 0 Å². The Bertz CT molecular complexity index is 331. The number of rotatable bonds is 4. The van der Waals surface area contributed by atoms with E-state index in [1.54, 1.807) is 6.33 Å². The molecule has 0 N–H and O–H groups in total. The second kappa shape index (κ2) is 5.62. The Balaban J connectivity index is 2.70. The fourth-order valence-electron chi connectivity index (χ4n) is 1.44. The normalized spacial score (nSPS) is 13.8. The molecule has 1 unspecified atom stereocenters. The third kappa shape index (κ3) is 4.09. The number of aryl methyl sites for hydroxylation is 1. The van der Waals surface area contributed by atoms with Gasteiger partial charge < -0.3 is 0 Å². The summed E-state index contributed by atoms with van der Waals surface area (Å²) in [6.45, 7) is 8.61. The maximum atomic E-state index is 6.36. The molecule has 0 fully saturated rings. The van der Waals surface area contributed by atoms with Gasteiger partial charge >= 0.3 is 0 Å². The molecule has 90 valence electrons. The number of hydrogen-bond donors (Lipinski definition) is 0. The second-order valence-electron chi connectivity index (χ2n) is 5.29. The van der Waals surface area contributed by atoms with Gasteiger partial charge in [0.25, 0.3) is 0 Å². The Kier molecular flexibility index (Phi) is 4.72. The highest BCUT2D eigenvalue weighted by molar-refractivity contribution is 6.21. The number of halogens is 1. The van der Waals surface area contributed by atoms with Gasteiger partial charge in [-0.25, -0.2) is 9.97 Å². The molecule has 0 aliphatic rings. The van der Waals surface area contributed by atoms with E-state index >= 15 is 0 Å². The molecule has 1 aromatic rings. The summed E-state index contributed by atoms with van der Waals surface area (Å²) in [6.07, 6.45) is 4.58. The maximum Gasteiger partial charge on any atom is 0.115 e. The lowest BCUT2D eigenvalue weighted by Crippen LogP contribution is -2.23. The van der Waals surface area contributed by atoms with E-state index in [1.165, 1.54) is 0 Å². The lowest BCUT2D eigenvalue weighted by molar-refractivity contribution is 0.384. The van der Waals surface area contributed by atoms with Crippen LogP contribution in [0.25, 0.3) is 0 Å². The molecule has 0 bridgehead atoms. The van der Waals surface area contributed by atoms with Crippen LogP contribution in [-0.4, -0.2) is 15.3 Å². The van der Waals surface area contributed by atoms with Crippen molar-refractivity contribution in [3.8, 4) is 0 Å². The molecule has 0 saturated carbocycles. The van der Waals surface area contributed by atoms with E-state index in [4.69, 9.17) is 11.6 Å². The molecule has 2 nitrogen and oxygen atoms in total. The van der Waals surface area contributed by atoms with Gasteiger partial charge in [-0.1, -0.05) is 34.1 Å². The van der Waals surface area contributed by atoms with Crippen LogP contribution >= 0.6 is 11.6 Å². The number of alkyl halides is 1. The third-order valence-corrected chi connectivity index (χ3v) is 3.42. The smallest absolute Gasteiger partial charge is 0.115 e. The minimum atomic E-state index is 0.108. The summed E-state index contributed by atoms with van der Waals surface area (Å²) in [4.78, 5) is 8.52. The molecular formula is C13H21ClN2. The fraction of sp³-hybridized carbons (Fsp3) is 0.692. The highest BCUT2D eigenvalue weighted by atomic mass is 35.5. The minimum absolute atomic E-state index is 0.108. The van der Waals surface area contributed by atoms with Gasteiger partial charge in [0.2, 0.25) is 0 Å². The maximum absolute atomic E-state index is 6.36. The Morgan fingerprint density at radius 3 is 2.44 bits per heavy atom. The molecule has 1 heterocycles. The summed E-state index contributed by atoms with van der Waals surface area (Å²) in [7, 11) is 0.